The maximum Gasteiger partial charge on any atom is 0.286 e. The number of nitrogens with zero attached hydrogens (tertiary/aromatic N) is 1. The molecule has 0 aliphatic rings. The monoisotopic (exact) mass is 348 g/mol. The molecule has 1 atom stereocenters. The van der Waals surface area contributed by atoms with Crippen LogP contribution >= 0.6 is 15.9 Å². The first-order valence-electron chi connectivity index (χ1n) is 5.48. The van der Waals surface area contributed by atoms with E-state index in [1.807, 2.05) is 0 Å². The third kappa shape index (κ3) is 4.71. The summed E-state index contributed by atoms with van der Waals surface area (Å²) in [5, 5.41) is 13.4. The van der Waals surface area contributed by atoms with Crippen molar-refractivity contribution in [3.05, 3.63) is 32.8 Å². The number of amides is 1. The summed E-state index contributed by atoms with van der Waals surface area (Å²) < 4.78 is 12.6. The molecule has 1 N–H and O–H groups in total. The maximum atomic E-state index is 12.0. The average molecular weight is 349 g/mol. The first kappa shape index (κ1) is 15.8. The van der Waals surface area contributed by atoms with Gasteiger partial charge in [0.25, 0.3) is 5.69 Å². The molecule has 1 rings (SSSR count). The van der Waals surface area contributed by atoms with E-state index in [4.69, 9.17) is 0 Å². The van der Waals surface area contributed by atoms with Crippen molar-refractivity contribution < 1.29 is 13.9 Å². The lowest BCUT2D eigenvalue weighted by molar-refractivity contribution is -0.387. The van der Waals surface area contributed by atoms with Gasteiger partial charge in [0.15, 0.2) is 0 Å². The lowest BCUT2D eigenvalue weighted by atomic mass is 10.3. The predicted octanol–water partition coefficient (Wildman–Crippen LogP) is 1.99. The summed E-state index contributed by atoms with van der Waals surface area (Å²) in [5.41, 5.74) is -0.173. The fraction of sp³-hybridized carbons (Fsp3) is 0.364. The van der Waals surface area contributed by atoms with Gasteiger partial charge in [0.2, 0.25) is 5.91 Å². The van der Waals surface area contributed by atoms with Crippen LogP contribution in [0, 0.1) is 10.1 Å². The average Bonchev–Trinajstić information content (AvgIpc) is 2.38. The lowest BCUT2D eigenvalue weighted by Crippen LogP contribution is -2.18. The fourth-order valence-corrected chi connectivity index (χ4v) is 2.99. The molecule has 0 bridgehead atoms. The number of nitrogens with one attached hydrogen (secondary N) is 1. The van der Waals surface area contributed by atoms with Gasteiger partial charge in [-0.15, -0.1) is 0 Å². The molecule has 0 saturated carbocycles. The van der Waals surface area contributed by atoms with Crippen molar-refractivity contribution in [2.75, 3.05) is 12.8 Å². The van der Waals surface area contributed by atoms with Crippen LogP contribution in [0.25, 0.3) is 0 Å². The van der Waals surface area contributed by atoms with Crippen molar-refractivity contribution in [3.8, 4) is 0 Å². The number of benzene rings is 1. The number of nitro benzene ring substituents is 1. The molecule has 104 valence electrons. The van der Waals surface area contributed by atoms with E-state index in [2.05, 4.69) is 21.2 Å². The van der Waals surface area contributed by atoms with Crippen molar-refractivity contribution >= 4 is 38.3 Å². The number of hydrogen-bond acceptors (Lipinski definition) is 4. The van der Waals surface area contributed by atoms with E-state index in [-0.39, 0.29) is 28.7 Å². The Morgan fingerprint density at radius 2 is 2.21 bits per heavy atom. The first-order valence-corrected chi connectivity index (χ1v) is 7.59. The Balaban J connectivity index is 2.77. The molecule has 0 aromatic heterocycles. The Kier molecular flexibility index (Phi) is 6.10. The van der Waals surface area contributed by atoms with Crippen molar-refractivity contribution in [1.29, 1.82) is 0 Å². The second-order valence-corrected chi connectivity index (χ2v) is 6.15. The fourth-order valence-electron chi connectivity index (χ4n) is 1.42. The number of halogens is 1. The third-order valence-corrected chi connectivity index (χ3v) is 4.36. The topological polar surface area (TPSA) is 89.3 Å². The highest BCUT2D eigenvalue weighted by Crippen LogP contribution is 2.26. The highest BCUT2D eigenvalue weighted by molar-refractivity contribution is 9.10. The van der Waals surface area contributed by atoms with Gasteiger partial charge in [-0.25, -0.2) is 0 Å². The number of rotatable bonds is 6. The smallest absolute Gasteiger partial charge is 0.286 e. The Morgan fingerprint density at radius 3 is 2.79 bits per heavy atom. The third-order valence-electron chi connectivity index (χ3n) is 2.38. The molecule has 0 aliphatic carbocycles. The SMILES string of the molecule is CNC(=O)CCCS(=O)c1ccc(Br)cc1[N+](=O)[O-]. The van der Waals surface area contributed by atoms with E-state index < -0.39 is 15.7 Å². The minimum Gasteiger partial charge on any atom is -0.359 e. The van der Waals surface area contributed by atoms with E-state index in [0.717, 1.165) is 0 Å². The number of hydrogen-bond donors (Lipinski definition) is 1. The van der Waals surface area contributed by atoms with Crippen LogP contribution < -0.4 is 5.32 Å². The molecule has 0 spiro atoms. The van der Waals surface area contributed by atoms with Crippen LogP contribution in [-0.2, 0) is 15.6 Å². The quantitative estimate of drug-likeness (QED) is 0.628. The molecule has 0 heterocycles. The second kappa shape index (κ2) is 7.34. The standard InChI is InChI=1S/C11H13BrN2O4S/c1-13-11(15)3-2-6-19(18)10-5-4-8(12)7-9(10)14(16)17/h4-5,7H,2-3,6H2,1H3,(H,13,15). The molecule has 8 heteroatoms. The van der Waals surface area contributed by atoms with Gasteiger partial charge in [-0.1, -0.05) is 15.9 Å². The molecule has 0 saturated heterocycles. The summed E-state index contributed by atoms with van der Waals surface area (Å²) in [6.45, 7) is 0. The van der Waals surface area contributed by atoms with E-state index in [9.17, 15) is 19.1 Å². The largest absolute Gasteiger partial charge is 0.359 e. The summed E-state index contributed by atoms with van der Waals surface area (Å²) in [6.07, 6.45) is 0.673. The van der Waals surface area contributed by atoms with Crippen LogP contribution in [0.5, 0.6) is 0 Å². The minimum absolute atomic E-state index is 0.137. The predicted molar refractivity (Wildman–Crippen MR) is 75.4 cm³/mol. The van der Waals surface area contributed by atoms with Crippen molar-refractivity contribution in [2.45, 2.75) is 17.7 Å². The van der Waals surface area contributed by atoms with Crippen LogP contribution in [-0.4, -0.2) is 27.8 Å². The molecule has 0 fully saturated rings. The Hall–Kier alpha value is -1.28. The highest BCUT2D eigenvalue weighted by atomic mass is 79.9. The second-order valence-electron chi connectivity index (χ2n) is 3.70. The van der Waals surface area contributed by atoms with Gasteiger partial charge >= 0.3 is 0 Å². The number of carbonyl (C=O) groups is 1. The number of carbonyl (C=O) groups excluding carboxylic acids is 1. The summed E-state index contributed by atoms with van der Waals surface area (Å²) in [7, 11) is 0.0419. The van der Waals surface area contributed by atoms with Gasteiger partial charge in [0.05, 0.1) is 15.7 Å². The highest BCUT2D eigenvalue weighted by Gasteiger charge is 2.19. The molecule has 19 heavy (non-hydrogen) atoms. The van der Waals surface area contributed by atoms with Gasteiger partial charge in [0.1, 0.15) is 4.90 Å². The zero-order valence-corrected chi connectivity index (χ0v) is 12.6. The van der Waals surface area contributed by atoms with Gasteiger partial charge in [-0.3, -0.25) is 19.1 Å². The minimum atomic E-state index is -1.48. The molecule has 1 amide bonds. The summed E-state index contributed by atoms with van der Waals surface area (Å²) in [6, 6.07) is 4.41. The lowest BCUT2D eigenvalue weighted by Gasteiger charge is -2.04. The Morgan fingerprint density at radius 1 is 1.53 bits per heavy atom. The molecule has 0 aliphatic heterocycles. The normalized spacial score (nSPS) is 11.9. The van der Waals surface area contributed by atoms with Gasteiger partial charge in [-0.05, 0) is 18.6 Å². The summed E-state index contributed by atoms with van der Waals surface area (Å²) >= 11 is 3.14. The van der Waals surface area contributed by atoms with Crippen LogP contribution in [0.1, 0.15) is 12.8 Å². The Labute approximate surface area is 121 Å². The van der Waals surface area contributed by atoms with E-state index in [1.165, 1.54) is 19.2 Å². The number of nitro groups is 1. The molecular weight excluding hydrogens is 336 g/mol. The van der Waals surface area contributed by atoms with Gasteiger partial charge in [-0.2, -0.15) is 0 Å². The maximum absolute atomic E-state index is 12.0. The van der Waals surface area contributed by atoms with Crippen LogP contribution in [0.2, 0.25) is 0 Å². The van der Waals surface area contributed by atoms with Crippen molar-refractivity contribution in [2.24, 2.45) is 0 Å². The molecule has 1 unspecified atom stereocenters. The van der Waals surface area contributed by atoms with Gasteiger partial charge < -0.3 is 5.32 Å². The van der Waals surface area contributed by atoms with Crippen LogP contribution in [0.3, 0.4) is 0 Å². The summed E-state index contributed by atoms with van der Waals surface area (Å²) in [4.78, 5) is 21.5. The van der Waals surface area contributed by atoms with E-state index >= 15 is 0 Å². The summed E-state index contributed by atoms with van der Waals surface area (Å²) in [5.74, 6) is 0.0814. The zero-order chi connectivity index (χ0) is 14.4. The molecule has 0 radical (unpaired) electrons. The van der Waals surface area contributed by atoms with E-state index in [1.54, 1.807) is 6.07 Å². The van der Waals surface area contributed by atoms with Crippen molar-refractivity contribution in [1.82, 2.24) is 5.32 Å². The molecule has 1 aromatic carbocycles. The first-order chi connectivity index (χ1) is 8.95. The molecule has 1 aromatic rings. The Bertz CT molecular complexity index is 521. The van der Waals surface area contributed by atoms with Crippen LogP contribution in [0.15, 0.2) is 27.6 Å². The molecule has 6 nitrogen and oxygen atoms in total. The van der Waals surface area contributed by atoms with Crippen molar-refractivity contribution in [3.63, 3.8) is 0 Å². The molecular formula is C11H13BrN2O4S. The van der Waals surface area contributed by atoms with Crippen LogP contribution in [0.4, 0.5) is 5.69 Å². The van der Waals surface area contributed by atoms with E-state index in [0.29, 0.717) is 10.9 Å². The zero-order valence-electron chi connectivity index (χ0n) is 10.2. The van der Waals surface area contributed by atoms with Gasteiger partial charge in [0, 0.05) is 29.8 Å².